The average molecular weight is 438 g/mol. The number of aromatic nitrogens is 6. The predicted octanol–water partition coefficient (Wildman–Crippen LogP) is 1.58. The van der Waals surface area contributed by atoms with Crippen molar-refractivity contribution in [2.75, 3.05) is 5.73 Å². The van der Waals surface area contributed by atoms with Crippen LogP contribution in [0, 0.1) is 12.3 Å². The minimum atomic E-state index is -0.598. The lowest BCUT2D eigenvalue weighted by molar-refractivity contribution is 0.0941. The quantitative estimate of drug-likeness (QED) is 0.411. The molecule has 0 bridgehead atoms. The Kier molecular flexibility index (Phi) is 4.64. The van der Waals surface area contributed by atoms with Crippen LogP contribution in [0.3, 0.4) is 0 Å². The number of nitrogens with zero attached hydrogens (tertiary/aromatic N) is 6. The van der Waals surface area contributed by atoms with Gasteiger partial charge in [0, 0.05) is 18.5 Å². The van der Waals surface area contributed by atoms with Gasteiger partial charge >= 0.3 is 5.69 Å². The molecule has 0 aliphatic rings. The maximum absolute atomic E-state index is 13.5. The summed E-state index contributed by atoms with van der Waals surface area (Å²) in [5.41, 5.74) is 7.95. The van der Waals surface area contributed by atoms with Gasteiger partial charge in [-0.2, -0.15) is 0 Å². The van der Waals surface area contributed by atoms with Crippen molar-refractivity contribution in [1.29, 1.82) is 0 Å². The van der Waals surface area contributed by atoms with Crippen LogP contribution in [-0.2, 0) is 0 Å². The van der Waals surface area contributed by atoms with Gasteiger partial charge < -0.3 is 11.1 Å². The van der Waals surface area contributed by atoms with Gasteiger partial charge in [0.1, 0.15) is 16.9 Å². The number of benzene rings is 1. The zero-order chi connectivity index (χ0) is 23.1. The van der Waals surface area contributed by atoms with Crippen molar-refractivity contribution in [3.8, 4) is 18.0 Å². The van der Waals surface area contributed by atoms with Crippen molar-refractivity contribution in [3.05, 3.63) is 88.5 Å². The lowest BCUT2D eigenvalue weighted by Gasteiger charge is -2.20. The van der Waals surface area contributed by atoms with E-state index < -0.39 is 17.6 Å². The molecule has 0 spiro atoms. The Morgan fingerprint density at radius 1 is 1.21 bits per heavy atom. The molecular formula is C23H18N8O2. The van der Waals surface area contributed by atoms with Gasteiger partial charge in [-0.1, -0.05) is 18.2 Å². The molecule has 33 heavy (non-hydrogen) atoms. The molecule has 1 amide bonds. The Morgan fingerprint density at radius 3 is 2.76 bits per heavy atom. The topological polar surface area (TPSA) is 125 Å². The summed E-state index contributed by atoms with van der Waals surface area (Å²) >= 11 is 0. The molecule has 1 aromatic carbocycles. The number of para-hydroxylation sites is 1. The Bertz CT molecular complexity index is 1620. The molecule has 1 unspecified atom stereocenters. The number of terminal acetylenes is 1. The highest BCUT2D eigenvalue weighted by atomic mass is 16.2. The molecule has 4 aromatic heterocycles. The SMILES string of the molecule is C#Cc1cnc2cc(C(C)NC(=O)c3c(N)nn4cccnc34)n(-c3ccccc3)c(=O)n12. The standard InChI is InChI=1S/C23H18N8O2/c1-3-15-13-26-18-12-17(30(23(33)31(15)18)16-8-5-4-6-9-16)14(2)27-22(32)19-20(24)28-29-11-7-10-25-21(19)29/h1,4-14H,2H3,(H2,24,28)(H,27,32). The monoisotopic (exact) mass is 438 g/mol. The average Bonchev–Trinajstić information content (AvgIpc) is 3.39. The molecule has 162 valence electrons. The highest BCUT2D eigenvalue weighted by Crippen LogP contribution is 2.21. The van der Waals surface area contributed by atoms with Crippen LogP contribution in [-0.4, -0.2) is 34.5 Å². The zero-order valence-corrected chi connectivity index (χ0v) is 17.5. The van der Waals surface area contributed by atoms with Crippen molar-refractivity contribution in [2.45, 2.75) is 13.0 Å². The number of nitrogens with two attached hydrogens (primary N) is 1. The molecule has 10 nitrogen and oxygen atoms in total. The number of nitrogen functional groups attached to an aromatic ring is 1. The normalized spacial score (nSPS) is 12.0. The van der Waals surface area contributed by atoms with Gasteiger partial charge in [0.05, 0.1) is 23.6 Å². The van der Waals surface area contributed by atoms with Gasteiger partial charge in [0.2, 0.25) is 0 Å². The Morgan fingerprint density at radius 2 is 2.00 bits per heavy atom. The minimum Gasteiger partial charge on any atom is -0.381 e. The summed E-state index contributed by atoms with van der Waals surface area (Å²) in [6, 6.07) is 11.9. The third-order valence-electron chi connectivity index (χ3n) is 5.31. The Hall–Kier alpha value is -4.91. The van der Waals surface area contributed by atoms with Gasteiger partial charge in [0.15, 0.2) is 11.5 Å². The number of hydrogen-bond acceptors (Lipinski definition) is 6. The van der Waals surface area contributed by atoms with E-state index in [9.17, 15) is 9.59 Å². The van der Waals surface area contributed by atoms with Crippen molar-refractivity contribution in [2.24, 2.45) is 0 Å². The number of amides is 1. The minimum absolute atomic E-state index is 0.0567. The second-order valence-corrected chi connectivity index (χ2v) is 7.35. The van der Waals surface area contributed by atoms with Crippen LogP contribution >= 0.6 is 0 Å². The lowest BCUT2D eigenvalue weighted by Crippen LogP contribution is -2.34. The summed E-state index contributed by atoms with van der Waals surface area (Å²) in [6.07, 6.45) is 10.2. The predicted molar refractivity (Wildman–Crippen MR) is 122 cm³/mol. The van der Waals surface area contributed by atoms with E-state index in [-0.39, 0.29) is 11.4 Å². The molecule has 0 saturated carbocycles. The van der Waals surface area contributed by atoms with Crippen molar-refractivity contribution in [3.63, 3.8) is 0 Å². The van der Waals surface area contributed by atoms with E-state index in [0.29, 0.717) is 28.4 Å². The van der Waals surface area contributed by atoms with E-state index >= 15 is 0 Å². The van der Waals surface area contributed by atoms with E-state index in [1.807, 2.05) is 18.2 Å². The summed E-state index contributed by atoms with van der Waals surface area (Å²) in [6.45, 7) is 1.77. The first-order valence-electron chi connectivity index (χ1n) is 10.0. The first kappa shape index (κ1) is 20.0. The van der Waals surface area contributed by atoms with Crippen molar-refractivity contribution in [1.82, 2.24) is 33.9 Å². The van der Waals surface area contributed by atoms with Gasteiger partial charge in [0.25, 0.3) is 5.91 Å². The van der Waals surface area contributed by atoms with Crippen LogP contribution in [0.15, 0.2) is 65.8 Å². The third-order valence-corrected chi connectivity index (χ3v) is 5.31. The molecular weight excluding hydrogens is 420 g/mol. The lowest BCUT2D eigenvalue weighted by atomic mass is 10.1. The van der Waals surface area contributed by atoms with Crippen molar-refractivity contribution >= 4 is 23.0 Å². The van der Waals surface area contributed by atoms with Crippen LogP contribution in [0.2, 0.25) is 0 Å². The number of hydrogen-bond donors (Lipinski definition) is 2. The Labute approximate surface area is 187 Å². The maximum atomic E-state index is 13.5. The van der Waals surface area contributed by atoms with Crippen LogP contribution in [0.25, 0.3) is 17.0 Å². The van der Waals surface area contributed by atoms with Gasteiger partial charge in [-0.3, -0.25) is 9.36 Å². The molecule has 0 saturated heterocycles. The van der Waals surface area contributed by atoms with E-state index in [1.165, 1.54) is 19.7 Å². The number of rotatable bonds is 4. The summed E-state index contributed by atoms with van der Waals surface area (Å²) in [5.74, 6) is 2.07. The second-order valence-electron chi connectivity index (χ2n) is 7.35. The fraction of sp³-hybridized carbons (Fsp3) is 0.0870. The number of anilines is 1. The van der Waals surface area contributed by atoms with Crippen LogP contribution in [0.5, 0.6) is 0 Å². The maximum Gasteiger partial charge on any atom is 0.339 e. The van der Waals surface area contributed by atoms with E-state index in [4.69, 9.17) is 12.2 Å². The fourth-order valence-corrected chi connectivity index (χ4v) is 3.80. The number of imidazole rings is 1. The molecule has 0 radical (unpaired) electrons. The molecule has 0 aliphatic carbocycles. The molecule has 5 rings (SSSR count). The summed E-state index contributed by atoms with van der Waals surface area (Å²) in [7, 11) is 0. The molecule has 0 aliphatic heterocycles. The first-order chi connectivity index (χ1) is 16.0. The first-order valence-corrected chi connectivity index (χ1v) is 10.0. The molecule has 0 fully saturated rings. The van der Waals surface area contributed by atoms with E-state index in [0.717, 1.165) is 0 Å². The largest absolute Gasteiger partial charge is 0.381 e. The van der Waals surface area contributed by atoms with E-state index in [1.54, 1.807) is 43.6 Å². The smallest absolute Gasteiger partial charge is 0.339 e. The van der Waals surface area contributed by atoms with Crippen LogP contribution < -0.4 is 16.7 Å². The molecule has 5 aromatic rings. The number of fused-ring (bicyclic) bond motifs is 2. The fourth-order valence-electron chi connectivity index (χ4n) is 3.80. The highest BCUT2D eigenvalue weighted by molar-refractivity contribution is 6.04. The summed E-state index contributed by atoms with van der Waals surface area (Å²) in [5, 5.41) is 7.04. The van der Waals surface area contributed by atoms with Gasteiger partial charge in [-0.25, -0.2) is 23.7 Å². The van der Waals surface area contributed by atoms with Crippen LogP contribution in [0.1, 0.15) is 34.7 Å². The number of carbonyl (C=O) groups excluding carboxylic acids is 1. The molecule has 10 heteroatoms. The van der Waals surface area contributed by atoms with Crippen LogP contribution in [0.4, 0.5) is 5.82 Å². The number of nitrogens with one attached hydrogen (secondary N) is 1. The zero-order valence-electron chi connectivity index (χ0n) is 17.5. The number of carbonyl (C=O) groups is 1. The summed E-state index contributed by atoms with van der Waals surface area (Å²) < 4.78 is 4.29. The van der Waals surface area contributed by atoms with Gasteiger partial charge in [-0.15, -0.1) is 11.5 Å². The van der Waals surface area contributed by atoms with E-state index in [2.05, 4.69) is 26.3 Å². The van der Waals surface area contributed by atoms with Crippen molar-refractivity contribution < 1.29 is 4.79 Å². The highest BCUT2D eigenvalue weighted by Gasteiger charge is 2.24. The molecule has 1 atom stereocenters. The molecule has 3 N–H and O–H groups in total. The third kappa shape index (κ3) is 3.19. The molecule has 4 heterocycles. The Balaban J connectivity index is 1.63. The summed E-state index contributed by atoms with van der Waals surface area (Å²) in [4.78, 5) is 35.1. The van der Waals surface area contributed by atoms with Gasteiger partial charge in [-0.05, 0) is 31.0 Å². The second kappa shape index (κ2) is 7.65.